The van der Waals surface area contributed by atoms with E-state index in [1.54, 1.807) is 19.2 Å². The van der Waals surface area contributed by atoms with Gasteiger partial charge in [-0.25, -0.2) is 0 Å². The first kappa shape index (κ1) is 17.7. The number of benzene rings is 1. The third-order valence-electron chi connectivity index (χ3n) is 3.67. The highest BCUT2D eigenvalue weighted by Gasteiger charge is 2.09. The number of thiocarbonyl (C=S) groups is 1. The van der Waals surface area contributed by atoms with Gasteiger partial charge in [0.15, 0.2) is 5.11 Å². The Morgan fingerprint density at radius 2 is 1.96 bits per heavy atom. The zero-order valence-corrected chi connectivity index (χ0v) is 14.2. The molecule has 23 heavy (non-hydrogen) atoms. The van der Waals surface area contributed by atoms with Crippen molar-refractivity contribution in [2.24, 2.45) is 0 Å². The maximum Gasteiger partial charge on any atom is 0.251 e. The van der Waals surface area contributed by atoms with Gasteiger partial charge in [-0.3, -0.25) is 9.69 Å². The topological polar surface area (TPSA) is 65.6 Å². The number of carbonyl (C=O) groups excluding carboxylic acids is 1. The molecule has 7 heteroatoms. The van der Waals surface area contributed by atoms with Crippen LogP contribution in [0, 0.1) is 0 Å². The van der Waals surface area contributed by atoms with Crippen LogP contribution in [0.2, 0.25) is 0 Å². The molecule has 1 aliphatic heterocycles. The van der Waals surface area contributed by atoms with Crippen molar-refractivity contribution in [3.63, 3.8) is 0 Å². The van der Waals surface area contributed by atoms with E-state index in [4.69, 9.17) is 17.0 Å². The molecule has 0 spiro atoms. The van der Waals surface area contributed by atoms with Crippen LogP contribution >= 0.6 is 12.2 Å². The van der Waals surface area contributed by atoms with Gasteiger partial charge in [-0.2, -0.15) is 0 Å². The molecule has 1 heterocycles. The molecule has 126 valence electrons. The van der Waals surface area contributed by atoms with Crippen molar-refractivity contribution < 1.29 is 9.53 Å². The molecule has 0 aromatic heterocycles. The molecule has 1 fully saturated rings. The molecule has 2 rings (SSSR count). The zero-order chi connectivity index (χ0) is 16.5. The lowest BCUT2D eigenvalue weighted by Gasteiger charge is -2.26. The number of nitrogens with one attached hydrogen (secondary N) is 3. The average molecular weight is 336 g/mol. The van der Waals surface area contributed by atoms with E-state index in [0.717, 1.165) is 51.5 Å². The van der Waals surface area contributed by atoms with Crippen LogP contribution in [0.5, 0.6) is 0 Å². The molecule has 1 saturated heterocycles. The Morgan fingerprint density at radius 1 is 1.26 bits per heavy atom. The van der Waals surface area contributed by atoms with Gasteiger partial charge in [0.05, 0.1) is 13.2 Å². The monoisotopic (exact) mass is 336 g/mol. The molecule has 0 saturated carbocycles. The first-order chi connectivity index (χ1) is 11.2. The fourth-order valence-electron chi connectivity index (χ4n) is 2.35. The number of hydrogen-bond donors (Lipinski definition) is 3. The van der Waals surface area contributed by atoms with E-state index in [9.17, 15) is 4.79 Å². The molecular formula is C16H24N4O2S. The summed E-state index contributed by atoms with van der Waals surface area (Å²) in [5, 5.41) is 9.51. The fourth-order valence-corrected chi connectivity index (χ4v) is 2.57. The number of ether oxygens (including phenoxy) is 1. The van der Waals surface area contributed by atoms with Gasteiger partial charge in [0.1, 0.15) is 0 Å². The standard InChI is InChI=1S/C16H24N4O2S/c1-17-15(21)13-3-5-14(6-4-13)19-16(23)18-7-2-8-20-9-11-22-12-10-20/h3-6H,2,7-12H2,1H3,(H,17,21)(H2,18,19,23). The van der Waals surface area contributed by atoms with E-state index < -0.39 is 0 Å². The SMILES string of the molecule is CNC(=O)c1ccc(NC(=S)NCCCN2CCOCC2)cc1. The third-order valence-corrected chi connectivity index (χ3v) is 3.92. The van der Waals surface area contributed by atoms with Crippen LogP contribution in [0.3, 0.4) is 0 Å². The quantitative estimate of drug-likeness (QED) is 0.533. The van der Waals surface area contributed by atoms with Crippen molar-refractivity contribution in [1.29, 1.82) is 0 Å². The predicted octanol–water partition coefficient (Wildman–Crippen LogP) is 1.05. The molecule has 0 radical (unpaired) electrons. The van der Waals surface area contributed by atoms with Gasteiger partial charge >= 0.3 is 0 Å². The van der Waals surface area contributed by atoms with Gasteiger partial charge in [0.2, 0.25) is 0 Å². The lowest BCUT2D eigenvalue weighted by molar-refractivity contribution is 0.0376. The van der Waals surface area contributed by atoms with Crippen LogP contribution < -0.4 is 16.0 Å². The summed E-state index contributed by atoms with van der Waals surface area (Å²) < 4.78 is 5.33. The molecule has 0 unspecified atom stereocenters. The van der Waals surface area contributed by atoms with Crippen molar-refractivity contribution in [2.75, 3.05) is 51.8 Å². The summed E-state index contributed by atoms with van der Waals surface area (Å²) in [6.45, 7) is 5.58. The molecule has 1 amide bonds. The summed E-state index contributed by atoms with van der Waals surface area (Å²) in [5.41, 5.74) is 1.49. The van der Waals surface area contributed by atoms with Crippen molar-refractivity contribution in [1.82, 2.24) is 15.5 Å². The van der Waals surface area contributed by atoms with E-state index in [1.165, 1.54) is 0 Å². The minimum atomic E-state index is -0.0969. The van der Waals surface area contributed by atoms with Crippen LogP contribution in [0.25, 0.3) is 0 Å². The second-order valence-corrected chi connectivity index (χ2v) is 5.75. The van der Waals surface area contributed by atoms with Gasteiger partial charge in [-0.05, 0) is 49.4 Å². The molecular weight excluding hydrogens is 312 g/mol. The van der Waals surface area contributed by atoms with Gasteiger partial charge in [0.25, 0.3) is 5.91 Å². The molecule has 1 aliphatic rings. The van der Waals surface area contributed by atoms with Crippen molar-refractivity contribution in [2.45, 2.75) is 6.42 Å². The normalized spacial score (nSPS) is 15.0. The Balaban J connectivity index is 1.65. The van der Waals surface area contributed by atoms with E-state index in [-0.39, 0.29) is 5.91 Å². The van der Waals surface area contributed by atoms with Crippen LogP contribution in [0.15, 0.2) is 24.3 Å². The van der Waals surface area contributed by atoms with Gasteiger partial charge in [0, 0.05) is 37.9 Å². The highest BCUT2D eigenvalue weighted by Crippen LogP contribution is 2.09. The minimum absolute atomic E-state index is 0.0969. The fraction of sp³-hybridized carbons (Fsp3) is 0.500. The average Bonchev–Trinajstić information content (AvgIpc) is 2.59. The maximum absolute atomic E-state index is 11.5. The molecule has 0 atom stereocenters. The van der Waals surface area contributed by atoms with E-state index in [0.29, 0.717) is 10.7 Å². The summed E-state index contributed by atoms with van der Waals surface area (Å²) >= 11 is 5.28. The Hall–Kier alpha value is -1.70. The van der Waals surface area contributed by atoms with Crippen LogP contribution in [-0.4, -0.2) is 62.4 Å². The summed E-state index contributed by atoms with van der Waals surface area (Å²) in [7, 11) is 1.62. The number of amides is 1. The number of carbonyl (C=O) groups is 1. The number of anilines is 1. The Labute approximate surface area is 142 Å². The second-order valence-electron chi connectivity index (χ2n) is 5.34. The van der Waals surface area contributed by atoms with E-state index in [2.05, 4.69) is 20.9 Å². The Kier molecular flexibility index (Phi) is 7.25. The lowest BCUT2D eigenvalue weighted by Crippen LogP contribution is -2.38. The first-order valence-electron chi connectivity index (χ1n) is 7.86. The first-order valence-corrected chi connectivity index (χ1v) is 8.27. The Bertz CT molecular complexity index is 515. The summed E-state index contributed by atoms with van der Waals surface area (Å²) in [6, 6.07) is 7.21. The van der Waals surface area contributed by atoms with Crippen LogP contribution in [0.4, 0.5) is 5.69 Å². The van der Waals surface area contributed by atoms with Gasteiger partial charge < -0.3 is 20.7 Å². The second kappa shape index (κ2) is 9.44. The van der Waals surface area contributed by atoms with Crippen molar-refractivity contribution in [3.05, 3.63) is 29.8 Å². The Morgan fingerprint density at radius 3 is 2.61 bits per heavy atom. The molecule has 3 N–H and O–H groups in total. The smallest absolute Gasteiger partial charge is 0.251 e. The van der Waals surface area contributed by atoms with Gasteiger partial charge in [-0.1, -0.05) is 0 Å². The number of hydrogen-bond acceptors (Lipinski definition) is 4. The molecule has 6 nitrogen and oxygen atoms in total. The molecule has 1 aromatic carbocycles. The van der Waals surface area contributed by atoms with Crippen LogP contribution in [0.1, 0.15) is 16.8 Å². The lowest BCUT2D eigenvalue weighted by atomic mass is 10.2. The summed E-state index contributed by atoms with van der Waals surface area (Å²) in [4.78, 5) is 13.9. The number of rotatable bonds is 6. The van der Waals surface area contributed by atoms with Crippen molar-refractivity contribution >= 4 is 28.9 Å². The maximum atomic E-state index is 11.5. The summed E-state index contributed by atoms with van der Waals surface area (Å²) in [6.07, 6.45) is 1.04. The number of nitrogens with zero attached hydrogens (tertiary/aromatic N) is 1. The molecule has 1 aromatic rings. The van der Waals surface area contributed by atoms with Gasteiger partial charge in [-0.15, -0.1) is 0 Å². The largest absolute Gasteiger partial charge is 0.379 e. The van der Waals surface area contributed by atoms with Crippen molar-refractivity contribution in [3.8, 4) is 0 Å². The molecule has 0 bridgehead atoms. The predicted molar refractivity (Wildman–Crippen MR) is 95.9 cm³/mol. The van der Waals surface area contributed by atoms with Crippen LogP contribution in [-0.2, 0) is 4.74 Å². The summed E-state index contributed by atoms with van der Waals surface area (Å²) in [5.74, 6) is -0.0969. The molecule has 0 aliphatic carbocycles. The highest BCUT2D eigenvalue weighted by atomic mass is 32.1. The zero-order valence-electron chi connectivity index (χ0n) is 13.4. The minimum Gasteiger partial charge on any atom is -0.379 e. The van der Waals surface area contributed by atoms with E-state index >= 15 is 0 Å². The van der Waals surface area contributed by atoms with E-state index in [1.807, 2.05) is 12.1 Å². The third kappa shape index (κ3) is 6.13. The number of morpholine rings is 1. The highest BCUT2D eigenvalue weighted by molar-refractivity contribution is 7.80.